The standard InChI is InChI=1S/C16H24N2O2/c1-13(2)20-12-16(19)17-15-7-5-14(6-8-15)11-18-9-3-4-10-18/h5-8,13H,3-4,9-12H2,1-2H3,(H,17,19). The molecule has 1 heterocycles. The Morgan fingerprint density at radius 3 is 2.50 bits per heavy atom. The highest BCUT2D eigenvalue weighted by atomic mass is 16.5. The van der Waals surface area contributed by atoms with Crippen LogP contribution in [-0.2, 0) is 16.1 Å². The molecule has 2 rings (SSSR count). The van der Waals surface area contributed by atoms with Crippen molar-refractivity contribution in [2.75, 3.05) is 25.0 Å². The third kappa shape index (κ3) is 4.94. The van der Waals surface area contributed by atoms with Crippen molar-refractivity contribution in [3.63, 3.8) is 0 Å². The van der Waals surface area contributed by atoms with Gasteiger partial charge in [-0.05, 0) is 57.5 Å². The number of anilines is 1. The van der Waals surface area contributed by atoms with E-state index in [4.69, 9.17) is 4.74 Å². The normalized spacial score (nSPS) is 15.8. The second-order valence-electron chi connectivity index (χ2n) is 5.59. The molecule has 0 radical (unpaired) electrons. The summed E-state index contributed by atoms with van der Waals surface area (Å²) < 4.78 is 5.27. The fourth-order valence-electron chi connectivity index (χ4n) is 2.33. The first-order chi connectivity index (χ1) is 9.63. The number of rotatable bonds is 6. The molecule has 0 saturated carbocycles. The van der Waals surface area contributed by atoms with Gasteiger partial charge in [0.25, 0.3) is 0 Å². The van der Waals surface area contributed by atoms with Crippen LogP contribution in [0, 0.1) is 0 Å². The van der Waals surface area contributed by atoms with Gasteiger partial charge < -0.3 is 10.1 Å². The van der Waals surface area contributed by atoms with E-state index in [1.807, 2.05) is 26.0 Å². The van der Waals surface area contributed by atoms with Crippen molar-refractivity contribution in [1.82, 2.24) is 4.90 Å². The van der Waals surface area contributed by atoms with Gasteiger partial charge in [-0.2, -0.15) is 0 Å². The van der Waals surface area contributed by atoms with Crippen LogP contribution in [0.25, 0.3) is 0 Å². The Morgan fingerprint density at radius 2 is 1.90 bits per heavy atom. The fourth-order valence-corrected chi connectivity index (χ4v) is 2.33. The van der Waals surface area contributed by atoms with Crippen molar-refractivity contribution in [1.29, 1.82) is 0 Å². The summed E-state index contributed by atoms with van der Waals surface area (Å²) in [5, 5.41) is 2.84. The van der Waals surface area contributed by atoms with Gasteiger partial charge in [-0.25, -0.2) is 0 Å². The van der Waals surface area contributed by atoms with Crippen LogP contribution in [0.5, 0.6) is 0 Å². The second-order valence-corrected chi connectivity index (χ2v) is 5.59. The van der Waals surface area contributed by atoms with E-state index in [2.05, 4.69) is 22.3 Å². The first kappa shape index (κ1) is 15.0. The Labute approximate surface area is 121 Å². The number of ether oxygens (including phenoxy) is 1. The monoisotopic (exact) mass is 276 g/mol. The lowest BCUT2D eigenvalue weighted by molar-refractivity contribution is -0.121. The number of hydrogen-bond donors (Lipinski definition) is 1. The van der Waals surface area contributed by atoms with Gasteiger partial charge in [-0.1, -0.05) is 12.1 Å². The van der Waals surface area contributed by atoms with Crippen LogP contribution in [0.2, 0.25) is 0 Å². The van der Waals surface area contributed by atoms with E-state index in [-0.39, 0.29) is 18.6 Å². The molecule has 1 aromatic carbocycles. The molecule has 4 nitrogen and oxygen atoms in total. The smallest absolute Gasteiger partial charge is 0.250 e. The average Bonchev–Trinajstić information content (AvgIpc) is 2.92. The van der Waals surface area contributed by atoms with Crippen molar-refractivity contribution in [2.45, 2.75) is 39.3 Å². The summed E-state index contributed by atoms with van der Waals surface area (Å²) >= 11 is 0. The SMILES string of the molecule is CC(C)OCC(=O)Nc1ccc(CN2CCCC2)cc1. The predicted octanol–water partition coefficient (Wildman–Crippen LogP) is 2.65. The quantitative estimate of drug-likeness (QED) is 0.868. The number of nitrogens with one attached hydrogen (secondary N) is 1. The fraction of sp³-hybridized carbons (Fsp3) is 0.562. The van der Waals surface area contributed by atoms with E-state index in [1.54, 1.807) is 0 Å². The highest BCUT2D eigenvalue weighted by Gasteiger charge is 2.11. The lowest BCUT2D eigenvalue weighted by Gasteiger charge is -2.15. The molecule has 1 amide bonds. The molecule has 0 atom stereocenters. The summed E-state index contributed by atoms with van der Waals surface area (Å²) in [5.41, 5.74) is 2.12. The maximum Gasteiger partial charge on any atom is 0.250 e. The Hall–Kier alpha value is -1.39. The number of carbonyl (C=O) groups excluding carboxylic acids is 1. The van der Waals surface area contributed by atoms with Crippen molar-refractivity contribution in [3.05, 3.63) is 29.8 Å². The van der Waals surface area contributed by atoms with Crippen LogP contribution in [-0.4, -0.2) is 36.6 Å². The molecule has 1 aliphatic heterocycles. The average molecular weight is 276 g/mol. The van der Waals surface area contributed by atoms with Crippen LogP contribution in [0.3, 0.4) is 0 Å². The van der Waals surface area contributed by atoms with Gasteiger partial charge in [0.05, 0.1) is 6.10 Å². The highest BCUT2D eigenvalue weighted by Crippen LogP contribution is 2.15. The maximum atomic E-state index is 11.6. The molecule has 1 aromatic rings. The molecule has 1 aliphatic rings. The minimum Gasteiger partial charge on any atom is -0.369 e. The van der Waals surface area contributed by atoms with Gasteiger partial charge >= 0.3 is 0 Å². The van der Waals surface area contributed by atoms with E-state index in [0.29, 0.717) is 0 Å². The van der Waals surface area contributed by atoms with E-state index in [0.717, 1.165) is 12.2 Å². The number of carbonyl (C=O) groups is 1. The van der Waals surface area contributed by atoms with Gasteiger partial charge in [0, 0.05) is 12.2 Å². The molecule has 1 fully saturated rings. The Bertz CT molecular complexity index is 423. The van der Waals surface area contributed by atoms with Crippen molar-refractivity contribution < 1.29 is 9.53 Å². The molecule has 4 heteroatoms. The summed E-state index contributed by atoms with van der Waals surface area (Å²) in [4.78, 5) is 14.1. The van der Waals surface area contributed by atoms with Crippen LogP contribution in [0.4, 0.5) is 5.69 Å². The van der Waals surface area contributed by atoms with Gasteiger partial charge in [0.15, 0.2) is 0 Å². The molecule has 1 N–H and O–H groups in total. The van der Waals surface area contributed by atoms with Gasteiger partial charge in [0.2, 0.25) is 5.91 Å². The Kier molecular flexibility index (Phi) is 5.56. The first-order valence-electron chi connectivity index (χ1n) is 7.36. The number of hydrogen-bond acceptors (Lipinski definition) is 3. The molecule has 0 aliphatic carbocycles. The van der Waals surface area contributed by atoms with Crippen molar-refractivity contribution in [3.8, 4) is 0 Å². The minimum absolute atomic E-state index is 0.0728. The minimum atomic E-state index is -0.106. The van der Waals surface area contributed by atoms with Gasteiger partial charge in [0.1, 0.15) is 6.61 Å². The zero-order valence-electron chi connectivity index (χ0n) is 12.4. The first-order valence-corrected chi connectivity index (χ1v) is 7.36. The molecule has 0 aromatic heterocycles. The Morgan fingerprint density at radius 1 is 1.25 bits per heavy atom. The molecule has 20 heavy (non-hydrogen) atoms. The van der Waals surface area contributed by atoms with Crippen LogP contribution in [0.15, 0.2) is 24.3 Å². The van der Waals surface area contributed by atoms with Gasteiger partial charge in [-0.3, -0.25) is 9.69 Å². The number of amides is 1. The number of likely N-dealkylation sites (tertiary alicyclic amines) is 1. The summed E-state index contributed by atoms with van der Waals surface area (Å²) in [6, 6.07) is 8.08. The maximum absolute atomic E-state index is 11.6. The lowest BCUT2D eigenvalue weighted by atomic mass is 10.2. The topological polar surface area (TPSA) is 41.6 Å². The molecular weight excluding hydrogens is 252 g/mol. The predicted molar refractivity (Wildman–Crippen MR) is 80.7 cm³/mol. The molecule has 0 bridgehead atoms. The van der Waals surface area contributed by atoms with E-state index in [9.17, 15) is 4.79 Å². The van der Waals surface area contributed by atoms with Crippen molar-refractivity contribution >= 4 is 11.6 Å². The summed E-state index contributed by atoms with van der Waals surface area (Å²) in [6.45, 7) is 7.34. The van der Waals surface area contributed by atoms with Crippen molar-refractivity contribution in [2.24, 2.45) is 0 Å². The third-order valence-electron chi connectivity index (χ3n) is 3.39. The summed E-state index contributed by atoms with van der Waals surface area (Å²) in [7, 11) is 0. The zero-order valence-corrected chi connectivity index (χ0v) is 12.4. The van der Waals surface area contributed by atoms with Gasteiger partial charge in [-0.15, -0.1) is 0 Å². The summed E-state index contributed by atoms with van der Waals surface area (Å²) in [6.07, 6.45) is 2.69. The van der Waals surface area contributed by atoms with Crippen LogP contribution >= 0.6 is 0 Å². The Balaban J connectivity index is 1.80. The number of benzene rings is 1. The summed E-state index contributed by atoms with van der Waals surface area (Å²) in [5.74, 6) is -0.106. The molecular formula is C16H24N2O2. The number of nitrogens with zero attached hydrogens (tertiary/aromatic N) is 1. The zero-order chi connectivity index (χ0) is 14.4. The van der Waals surface area contributed by atoms with E-state index in [1.165, 1.54) is 31.5 Å². The van der Waals surface area contributed by atoms with E-state index >= 15 is 0 Å². The van der Waals surface area contributed by atoms with Crippen LogP contribution < -0.4 is 5.32 Å². The molecule has 1 saturated heterocycles. The van der Waals surface area contributed by atoms with Crippen LogP contribution in [0.1, 0.15) is 32.3 Å². The molecule has 0 spiro atoms. The largest absolute Gasteiger partial charge is 0.369 e. The highest BCUT2D eigenvalue weighted by molar-refractivity contribution is 5.91. The lowest BCUT2D eigenvalue weighted by Crippen LogP contribution is -2.21. The third-order valence-corrected chi connectivity index (χ3v) is 3.39. The van der Waals surface area contributed by atoms with E-state index < -0.39 is 0 Å². The second kappa shape index (κ2) is 7.41. The molecule has 0 unspecified atom stereocenters. The molecule has 110 valence electrons.